The van der Waals surface area contributed by atoms with Gasteiger partial charge in [-0.3, -0.25) is 10.2 Å². The third-order valence-corrected chi connectivity index (χ3v) is 3.86. The summed E-state index contributed by atoms with van der Waals surface area (Å²) >= 11 is 1.39. The van der Waals surface area contributed by atoms with Crippen LogP contribution in [0.2, 0.25) is 0 Å². The second kappa shape index (κ2) is 9.02. The summed E-state index contributed by atoms with van der Waals surface area (Å²) in [6.45, 7) is 6.74. The Kier molecular flexibility index (Phi) is 6.74. The maximum Gasteiger partial charge on any atom is 0.311 e. The van der Waals surface area contributed by atoms with Crippen molar-refractivity contribution in [1.82, 2.24) is 4.98 Å². The van der Waals surface area contributed by atoms with Crippen LogP contribution in [0.5, 0.6) is 5.75 Å². The Morgan fingerprint density at radius 2 is 2.21 bits per heavy atom. The predicted octanol–water partition coefficient (Wildman–Crippen LogP) is 3.40. The van der Waals surface area contributed by atoms with Crippen LogP contribution in [0.1, 0.15) is 30.7 Å². The lowest BCUT2D eigenvalue weighted by molar-refractivity contribution is -0.142. The smallest absolute Gasteiger partial charge is 0.311 e. The van der Waals surface area contributed by atoms with Gasteiger partial charge in [0.1, 0.15) is 5.75 Å². The highest BCUT2D eigenvalue weighted by Gasteiger charge is 2.07. The number of hydrogen-bond donors (Lipinski definition) is 1. The third-order valence-electron chi connectivity index (χ3n) is 3.07. The number of carbonyl (C=O) groups is 1. The molecule has 0 saturated carbocycles. The summed E-state index contributed by atoms with van der Waals surface area (Å²) in [5.74, 6) is 0.577. The lowest BCUT2D eigenvalue weighted by Crippen LogP contribution is -2.07. The zero-order valence-electron chi connectivity index (χ0n) is 14.0. The number of anilines is 1. The molecule has 1 aromatic carbocycles. The zero-order valence-corrected chi connectivity index (χ0v) is 14.9. The van der Waals surface area contributed by atoms with Gasteiger partial charge < -0.3 is 9.47 Å². The number of nitrogens with zero attached hydrogens (tertiary/aromatic N) is 2. The number of hydrazone groups is 1. The van der Waals surface area contributed by atoms with Crippen molar-refractivity contribution >= 4 is 28.7 Å². The molecule has 0 aliphatic rings. The van der Waals surface area contributed by atoms with E-state index in [-0.39, 0.29) is 12.4 Å². The molecule has 0 atom stereocenters. The number of benzene rings is 1. The second-order valence-corrected chi connectivity index (χ2v) is 5.81. The van der Waals surface area contributed by atoms with Crippen LogP contribution in [0, 0.1) is 6.92 Å². The Morgan fingerprint density at radius 1 is 1.38 bits per heavy atom. The number of esters is 1. The predicted molar refractivity (Wildman–Crippen MR) is 96.0 cm³/mol. The highest BCUT2D eigenvalue weighted by Crippen LogP contribution is 2.19. The summed E-state index contributed by atoms with van der Waals surface area (Å²) in [6, 6.07) is 5.91. The van der Waals surface area contributed by atoms with Crippen LogP contribution >= 0.6 is 11.3 Å². The Hall–Kier alpha value is -2.41. The van der Waals surface area contributed by atoms with Crippen LogP contribution in [0.4, 0.5) is 5.13 Å². The van der Waals surface area contributed by atoms with E-state index in [1.165, 1.54) is 11.3 Å². The number of thiazole rings is 1. The molecule has 0 spiro atoms. The Morgan fingerprint density at radius 3 is 2.96 bits per heavy atom. The minimum Gasteiger partial charge on any atom is -0.494 e. The van der Waals surface area contributed by atoms with E-state index in [2.05, 4.69) is 15.5 Å². The fourth-order valence-electron chi connectivity index (χ4n) is 1.97. The molecule has 24 heavy (non-hydrogen) atoms. The lowest BCUT2D eigenvalue weighted by atomic mass is 10.1. The summed E-state index contributed by atoms with van der Waals surface area (Å²) < 4.78 is 10.5. The van der Waals surface area contributed by atoms with Crippen LogP contribution in [-0.2, 0) is 16.0 Å². The highest BCUT2D eigenvalue weighted by atomic mass is 32.1. The lowest BCUT2D eigenvalue weighted by Gasteiger charge is -2.07. The van der Waals surface area contributed by atoms with Crippen LogP contribution < -0.4 is 10.2 Å². The topological polar surface area (TPSA) is 72.8 Å². The van der Waals surface area contributed by atoms with Crippen molar-refractivity contribution in [3.8, 4) is 5.75 Å². The van der Waals surface area contributed by atoms with Crippen molar-refractivity contribution in [2.24, 2.45) is 5.10 Å². The molecule has 2 aromatic rings. The molecule has 1 aromatic heterocycles. The van der Waals surface area contributed by atoms with E-state index in [9.17, 15) is 4.79 Å². The van der Waals surface area contributed by atoms with Gasteiger partial charge >= 0.3 is 5.97 Å². The van der Waals surface area contributed by atoms with E-state index < -0.39 is 0 Å². The first kappa shape index (κ1) is 17.9. The molecular formula is C17H21N3O3S. The van der Waals surface area contributed by atoms with Crippen molar-refractivity contribution in [1.29, 1.82) is 0 Å². The van der Waals surface area contributed by atoms with E-state index in [1.807, 2.05) is 37.4 Å². The molecule has 2 rings (SSSR count). The molecule has 0 amide bonds. The summed E-state index contributed by atoms with van der Waals surface area (Å²) in [7, 11) is 0. The number of hydrogen-bond acceptors (Lipinski definition) is 7. The first-order valence-electron chi connectivity index (χ1n) is 7.75. The number of carbonyl (C=O) groups excluding carboxylic acids is 1. The third kappa shape index (κ3) is 5.34. The second-order valence-electron chi connectivity index (χ2n) is 4.95. The maximum absolute atomic E-state index is 11.4. The highest BCUT2D eigenvalue weighted by molar-refractivity contribution is 7.13. The largest absolute Gasteiger partial charge is 0.494 e. The molecule has 0 unspecified atom stereocenters. The molecular weight excluding hydrogens is 326 g/mol. The standard InChI is InChI=1S/C17H21N3O3S/c1-4-22-15-8-13(7-6-12(15)3)10-18-20-17-19-14(11-24-17)9-16(21)23-5-2/h6-8,10-11H,4-5,9H2,1-3H3,(H,19,20). The van der Waals surface area contributed by atoms with Gasteiger partial charge in [-0.1, -0.05) is 12.1 Å². The monoisotopic (exact) mass is 347 g/mol. The number of nitrogens with one attached hydrogen (secondary N) is 1. The molecule has 0 bridgehead atoms. The maximum atomic E-state index is 11.4. The van der Waals surface area contributed by atoms with Crippen molar-refractivity contribution in [3.63, 3.8) is 0 Å². The fraction of sp³-hybridized carbons (Fsp3) is 0.353. The van der Waals surface area contributed by atoms with E-state index >= 15 is 0 Å². The fourth-order valence-corrected chi connectivity index (χ4v) is 2.63. The van der Waals surface area contributed by atoms with Crippen LogP contribution in [-0.4, -0.2) is 30.4 Å². The van der Waals surface area contributed by atoms with Crippen LogP contribution in [0.15, 0.2) is 28.7 Å². The SMILES string of the molecule is CCOC(=O)Cc1csc(NN=Cc2ccc(C)c(OCC)c2)n1. The van der Waals surface area contributed by atoms with Gasteiger partial charge in [0.15, 0.2) is 0 Å². The quantitative estimate of drug-likeness (QED) is 0.450. The zero-order chi connectivity index (χ0) is 17.4. The van der Waals surface area contributed by atoms with Crippen LogP contribution in [0.3, 0.4) is 0 Å². The van der Waals surface area contributed by atoms with Crippen molar-refractivity contribution < 1.29 is 14.3 Å². The number of aryl methyl sites for hydroxylation is 1. The number of aromatic nitrogens is 1. The average molecular weight is 347 g/mol. The van der Waals surface area contributed by atoms with Crippen molar-refractivity contribution in [2.45, 2.75) is 27.2 Å². The Labute approximate surface area is 145 Å². The first-order valence-corrected chi connectivity index (χ1v) is 8.62. The molecule has 0 saturated heterocycles. The molecule has 128 valence electrons. The molecule has 1 heterocycles. The van der Waals surface area contributed by atoms with Gasteiger partial charge in [0.25, 0.3) is 0 Å². The molecule has 7 heteroatoms. The van der Waals surface area contributed by atoms with Gasteiger partial charge in [0, 0.05) is 5.38 Å². The minimum atomic E-state index is -0.277. The van der Waals surface area contributed by atoms with Crippen molar-refractivity contribution in [2.75, 3.05) is 18.6 Å². The van der Waals surface area contributed by atoms with Gasteiger partial charge in [-0.15, -0.1) is 11.3 Å². The van der Waals surface area contributed by atoms with Crippen molar-refractivity contribution in [3.05, 3.63) is 40.4 Å². The first-order chi connectivity index (χ1) is 11.6. The summed E-state index contributed by atoms with van der Waals surface area (Å²) in [5, 5.41) is 6.61. The summed E-state index contributed by atoms with van der Waals surface area (Å²) in [4.78, 5) is 15.7. The van der Waals surface area contributed by atoms with Gasteiger partial charge in [-0.25, -0.2) is 4.98 Å². The van der Waals surface area contributed by atoms with Gasteiger partial charge in [0.2, 0.25) is 5.13 Å². The summed E-state index contributed by atoms with van der Waals surface area (Å²) in [6.07, 6.45) is 1.87. The van der Waals surface area contributed by atoms with E-state index in [0.29, 0.717) is 24.0 Å². The number of rotatable bonds is 8. The van der Waals surface area contributed by atoms with E-state index in [1.54, 1.807) is 13.1 Å². The molecule has 0 aliphatic carbocycles. The van der Waals surface area contributed by atoms with Gasteiger partial charge in [-0.05, 0) is 38.0 Å². The Bertz CT molecular complexity index is 713. The molecule has 6 nitrogen and oxygen atoms in total. The van der Waals surface area contributed by atoms with Crippen LogP contribution in [0.25, 0.3) is 0 Å². The molecule has 1 N–H and O–H groups in total. The van der Waals surface area contributed by atoms with Gasteiger partial charge in [0.05, 0.1) is 31.5 Å². The minimum absolute atomic E-state index is 0.172. The summed E-state index contributed by atoms with van der Waals surface area (Å²) in [5.41, 5.74) is 5.56. The average Bonchev–Trinajstić information content (AvgIpc) is 2.98. The molecule has 0 aliphatic heterocycles. The molecule has 0 radical (unpaired) electrons. The Balaban J connectivity index is 1.93. The number of ether oxygens (including phenoxy) is 2. The normalized spacial score (nSPS) is 10.8. The van der Waals surface area contributed by atoms with E-state index in [0.717, 1.165) is 16.9 Å². The molecule has 0 fully saturated rings. The van der Waals surface area contributed by atoms with E-state index in [4.69, 9.17) is 9.47 Å². The van der Waals surface area contributed by atoms with Gasteiger partial charge in [-0.2, -0.15) is 5.10 Å².